The predicted octanol–water partition coefficient (Wildman–Crippen LogP) is 3.16. The van der Waals surface area contributed by atoms with Crippen molar-refractivity contribution in [3.8, 4) is 0 Å². The van der Waals surface area contributed by atoms with Crippen molar-refractivity contribution >= 4 is 21.7 Å². The lowest BCUT2D eigenvalue weighted by atomic mass is 10.0. The van der Waals surface area contributed by atoms with Crippen LogP contribution in [0.3, 0.4) is 0 Å². The third-order valence-electron chi connectivity index (χ3n) is 2.42. The van der Waals surface area contributed by atoms with Crippen molar-refractivity contribution in [1.29, 1.82) is 0 Å². The van der Waals surface area contributed by atoms with Crippen LogP contribution in [0.2, 0.25) is 0 Å². The molecule has 0 N–H and O–H groups in total. The van der Waals surface area contributed by atoms with Gasteiger partial charge in [0.15, 0.2) is 5.78 Å². The van der Waals surface area contributed by atoms with E-state index in [1.807, 2.05) is 13.0 Å². The Balaban J connectivity index is 2.62. The molecule has 1 aromatic rings. The normalized spacial score (nSPS) is 12.4. The van der Waals surface area contributed by atoms with Gasteiger partial charge in [-0.3, -0.25) is 9.78 Å². The van der Waals surface area contributed by atoms with Gasteiger partial charge in [0, 0.05) is 29.9 Å². The highest BCUT2D eigenvalue weighted by Gasteiger charge is 2.17. The van der Waals surface area contributed by atoms with Gasteiger partial charge in [-0.1, -0.05) is 13.3 Å². The molecule has 0 aliphatic carbocycles. The zero-order chi connectivity index (χ0) is 12.7. The van der Waals surface area contributed by atoms with Crippen molar-refractivity contribution in [2.75, 3.05) is 6.61 Å². The van der Waals surface area contributed by atoms with E-state index in [2.05, 4.69) is 27.8 Å². The van der Waals surface area contributed by atoms with Gasteiger partial charge in [0.1, 0.15) is 6.10 Å². The van der Waals surface area contributed by atoms with Crippen LogP contribution in [0.5, 0.6) is 0 Å². The molecule has 1 atom stereocenters. The largest absolute Gasteiger partial charge is 0.371 e. The van der Waals surface area contributed by atoms with Crippen molar-refractivity contribution in [3.05, 3.63) is 28.5 Å². The minimum absolute atomic E-state index is 0.133. The molecule has 17 heavy (non-hydrogen) atoms. The molecule has 1 heterocycles. The van der Waals surface area contributed by atoms with Crippen molar-refractivity contribution in [3.63, 3.8) is 0 Å². The first-order valence-corrected chi connectivity index (χ1v) is 6.70. The Morgan fingerprint density at radius 2 is 2.24 bits per heavy atom. The van der Waals surface area contributed by atoms with Crippen molar-refractivity contribution in [2.45, 2.75) is 39.2 Å². The van der Waals surface area contributed by atoms with Crippen LogP contribution >= 0.6 is 15.9 Å². The number of rotatable bonds is 7. The number of ether oxygens (including phenoxy) is 1. The molecule has 1 aromatic heterocycles. The summed E-state index contributed by atoms with van der Waals surface area (Å²) in [5, 5.41) is 0. The Morgan fingerprint density at radius 1 is 1.47 bits per heavy atom. The Hall–Kier alpha value is -0.740. The number of aromatic nitrogens is 1. The molecular formula is C13H18BrNO2. The van der Waals surface area contributed by atoms with Gasteiger partial charge in [0.05, 0.1) is 0 Å². The summed E-state index contributed by atoms with van der Waals surface area (Å²) in [6.45, 7) is 4.55. The first kappa shape index (κ1) is 14.3. The van der Waals surface area contributed by atoms with Crippen LogP contribution < -0.4 is 0 Å². The number of hydrogen-bond donors (Lipinski definition) is 0. The lowest BCUT2D eigenvalue weighted by molar-refractivity contribution is -0.130. The summed E-state index contributed by atoms with van der Waals surface area (Å²) >= 11 is 3.35. The molecular weight excluding hydrogens is 282 g/mol. The Morgan fingerprint density at radius 3 is 2.82 bits per heavy atom. The zero-order valence-electron chi connectivity index (χ0n) is 10.3. The fourth-order valence-electron chi connectivity index (χ4n) is 1.67. The maximum Gasteiger partial charge on any atom is 0.165 e. The average molecular weight is 300 g/mol. The quantitative estimate of drug-likeness (QED) is 0.776. The molecule has 0 bridgehead atoms. The van der Waals surface area contributed by atoms with Gasteiger partial charge in [-0.25, -0.2) is 0 Å². The average Bonchev–Trinajstić information content (AvgIpc) is 2.28. The summed E-state index contributed by atoms with van der Waals surface area (Å²) in [7, 11) is 0. The van der Waals surface area contributed by atoms with Crippen LogP contribution in [-0.4, -0.2) is 23.5 Å². The first-order valence-electron chi connectivity index (χ1n) is 5.91. The molecule has 3 nitrogen and oxygen atoms in total. The maximum absolute atomic E-state index is 12.0. The van der Waals surface area contributed by atoms with E-state index in [1.54, 1.807) is 12.4 Å². The highest BCUT2D eigenvalue weighted by molar-refractivity contribution is 9.10. The Kier molecular flexibility index (Phi) is 6.37. The predicted molar refractivity (Wildman–Crippen MR) is 71.0 cm³/mol. The Bertz CT molecular complexity index is 362. The highest BCUT2D eigenvalue weighted by atomic mass is 79.9. The number of carbonyl (C=O) groups is 1. The third kappa shape index (κ3) is 4.96. The summed E-state index contributed by atoms with van der Waals surface area (Å²) in [6, 6.07) is 1.92. The van der Waals surface area contributed by atoms with E-state index in [4.69, 9.17) is 4.74 Å². The molecule has 0 spiro atoms. The van der Waals surface area contributed by atoms with Gasteiger partial charge in [0.2, 0.25) is 0 Å². The molecule has 0 saturated carbocycles. The van der Waals surface area contributed by atoms with E-state index in [0.717, 1.165) is 22.9 Å². The van der Waals surface area contributed by atoms with Crippen LogP contribution in [0.4, 0.5) is 0 Å². The Labute approximate surface area is 111 Å². The number of pyridine rings is 1. The fraction of sp³-hybridized carbons (Fsp3) is 0.538. The molecule has 1 rings (SSSR count). The summed E-state index contributed by atoms with van der Waals surface area (Å²) in [5.74, 6) is 0.133. The van der Waals surface area contributed by atoms with Gasteiger partial charge in [-0.15, -0.1) is 0 Å². The van der Waals surface area contributed by atoms with Gasteiger partial charge in [0.25, 0.3) is 0 Å². The number of hydrogen-bond acceptors (Lipinski definition) is 3. The van der Waals surface area contributed by atoms with E-state index in [0.29, 0.717) is 13.0 Å². The smallest absolute Gasteiger partial charge is 0.165 e. The second kappa shape index (κ2) is 7.56. The minimum Gasteiger partial charge on any atom is -0.371 e. The second-order valence-electron chi connectivity index (χ2n) is 3.89. The van der Waals surface area contributed by atoms with Gasteiger partial charge in [-0.05, 0) is 40.9 Å². The monoisotopic (exact) mass is 299 g/mol. The fourth-order valence-corrected chi connectivity index (χ4v) is 2.08. The van der Waals surface area contributed by atoms with Crippen LogP contribution in [0, 0.1) is 0 Å². The summed E-state index contributed by atoms with van der Waals surface area (Å²) in [4.78, 5) is 16.1. The molecule has 0 aliphatic rings. The summed E-state index contributed by atoms with van der Waals surface area (Å²) < 4.78 is 6.36. The molecule has 0 aromatic carbocycles. The van der Waals surface area contributed by atoms with E-state index >= 15 is 0 Å². The number of ketones is 1. The van der Waals surface area contributed by atoms with E-state index in [-0.39, 0.29) is 11.9 Å². The van der Waals surface area contributed by atoms with Crippen LogP contribution in [0.1, 0.15) is 32.3 Å². The van der Waals surface area contributed by atoms with Crippen LogP contribution in [0.15, 0.2) is 22.9 Å². The van der Waals surface area contributed by atoms with E-state index < -0.39 is 0 Å². The summed E-state index contributed by atoms with van der Waals surface area (Å²) in [5.41, 5.74) is 0.921. The molecule has 94 valence electrons. The number of carbonyl (C=O) groups excluding carboxylic acids is 1. The SMILES string of the molecule is CCCC(OCC)C(=O)Cc1cncc(Br)c1. The highest BCUT2D eigenvalue weighted by Crippen LogP contribution is 2.13. The van der Waals surface area contributed by atoms with E-state index in [1.165, 1.54) is 0 Å². The molecule has 0 radical (unpaired) electrons. The first-order chi connectivity index (χ1) is 8.17. The van der Waals surface area contributed by atoms with Crippen LogP contribution in [0.25, 0.3) is 0 Å². The molecule has 0 fully saturated rings. The number of halogens is 1. The molecule has 0 amide bonds. The van der Waals surface area contributed by atoms with Crippen LogP contribution in [-0.2, 0) is 16.0 Å². The standard InChI is InChI=1S/C13H18BrNO2/c1-3-5-13(17-4-2)12(16)7-10-6-11(14)9-15-8-10/h6,8-9,13H,3-5,7H2,1-2H3. The van der Waals surface area contributed by atoms with Crippen molar-refractivity contribution in [1.82, 2.24) is 4.98 Å². The maximum atomic E-state index is 12.0. The lowest BCUT2D eigenvalue weighted by Crippen LogP contribution is -2.26. The molecule has 0 aliphatic heterocycles. The van der Waals surface area contributed by atoms with E-state index in [9.17, 15) is 4.79 Å². The number of nitrogens with zero attached hydrogens (tertiary/aromatic N) is 1. The lowest BCUT2D eigenvalue weighted by Gasteiger charge is -2.14. The van der Waals surface area contributed by atoms with Gasteiger partial charge < -0.3 is 4.74 Å². The molecule has 1 unspecified atom stereocenters. The molecule has 0 saturated heterocycles. The third-order valence-corrected chi connectivity index (χ3v) is 2.85. The minimum atomic E-state index is -0.274. The molecule has 4 heteroatoms. The number of Topliss-reactive ketones (excluding diaryl/α,β-unsaturated/α-hetero) is 1. The zero-order valence-corrected chi connectivity index (χ0v) is 11.9. The second-order valence-corrected chi connectivity index (χ2v) is 4.80. The van der Waals surface area contributed by atoms with Crippen molar-refractivity contribution in [2.24, 2.45) is 0 Å². The van der Waals surface area contributed by atoms with Gasteiger partial charge >= 0.3 is 0 Å². The van der Waals surface area contributed by atoms with Crippen molar-refractivity contribution < 1.29 is 9.53 Å². The van der Waals surface area contributed by atoms with Gasteiger partial charge in [-0.2, -0.15) is 0 Å². The topological polar surface area (TPSA) is 39.2 Å². The summed E-state index contributed by atoms with van der Waals surface area (Å²) in [6.07, 6.45) is 5.28.